The van der Waals surface area contributed by atoms with Crippen molar-refractivity contribution >= 4 is 41.3 Å². The van der Waals surface area contributed by atoms with Gasteiger partial charge in [-0.05, 0) is 25.1 Å². The summed E-state index contributed by atoms with van der Waals surface area (Å²) in [6.45, 7) is 4.82. The van der Waals surface area contributed by atoms with Crippen molar-refractivity contribution in [2.45, 2.75) is 46.3 Å². The van der Waals surface area contributed by atoms with Gasteiger partial charge in [-0.15, -0.1) is 35.3 Å². The Bertz CT molecular complexity index is 803. The molecule has 1 aromatic heterocycles. The van der Waals surface area contributed by atoms with Crippen LogP contribution in [0.15, 0.2) is 28.6 Å². The van der Waals surface area contributed by atoms with Gasteiger partial charge in [0.25, 0.3) is 0 Å². The lowest BCUT2D eigenvalue weighted by Gasteiger charge is -2.13. The second kappa shape index (κ2) is 13.6. The standard InChI is InChI=1S/C20H28F2N4O2S.HI/c1-5-23-20(24-9-8-15-12-29-18(26-15)13(2)3)25-11-14-10-16(27-4)6-7-17(14)28-19(21)22;/h6-7,10,12-13,19H,5,8-9,11H2,1-4H3,(H2,23,24,25);1H. The molecule has 10 heteroatoms. The van der Waals surface area contributed by atoms with Crippen LogP contribution < -0.4 is 20.1 Å². The number of nitrogens with one attached hydrogen (secondary N) is 2. The summed E-state index contributed by atoms with van der Waals surface area (Å²) in [5.41, 5.74) is 1.56. The number of rotatable bonds is 10. The van der Waals surface area contributed by atoms with Crippen LogP contribution in [0.3, 0.4) is 0 Å². The molecule has 0 spiro atoms. The lowest BCUT2D eigenvalue weighted by molar-refractivity contribution is -0.0504. The van der Waals surface area contributed by atoms with Crippen LogP contribution in [0.2, 0.25) is 0 Å². The predicted molar refractivity (Wildman–Crippen MR) is 128 cm³/mol. The fourth-order valence-corrected chi connectivity index (χ4v) is 3.40. The van der Waals surface area contributed by atoms with Crippen molar-refractivity contribution in [3.05, 3.63) is 39.8 Å². The molecule has 0 amide bonds. The largest absolute Gasteiger partial charge is 0.497 e. The molecule has 0 fully saturated rings. The summed E-state index contributed by atoms with van der Waals surface area (Å²) in [6.07, 6.45) is 0.770. The molecule has 0 aliphatic carbocycles. The van der Waals surface area contributed by atoms with Gasteiger partial charge in [-0.1, -0.05) is 13.8 Å². The van der Waals surface area contributed by atoms with Gasteiger partial charge in [0.05, 0.1) is 24.4 Å². The first-order chi connectivity index (χ1) is 13.9. The van der Waals surface area contributed by atoms with Gasteiger partial charge in [-0.25, -0.2) is 9.98 Å². The third-order valence-corrected chi connectivity index (χ3v) is 5.17. The fourth-order valence-electron chi connectivity index (χ4n) is 2.53. The molecule has 168 valence electrons. The number of aliphatic imine (C=N–C) groups is 1. The van der Waals surface area contributed by atoms with Gasteiger partial charge < -0.3 is 20.1 Å². The highest BCUT2D eigenvalue weighted by Crippen LogP contribution is 2.26. The molecule has 30 heavy (non-hydrogen) atoms. The molecule has 0 atom stereocenters. The van der Waals surface area contributed by atoms with Crippen molar-refractivity contribution in [2.75, 3.05) is 20.2 Å². The third-order valence-electron chi connectivity index (χ3n) is 3.97. The average molecular weight is 554 g/mol. The number of ether oxygens (including phenoxy) is 2. The summed E-state index contributed by atoms with van der Waals surface area (Å²) in [5, 5.41) is 9.61. The van der Waals surface area contributed by atoms with Gasteiger partial charge in [0.15, 0.2) is 5.96 Å². The van der Waals surface area contributed by atoms with E-state index in [1.54, 1.807) is 23.5 Å². The first-order valence-corrected chi connectivity index (χ1v) is 10.4. The molecule has 0 aliphatic rings. The lowest BCUT2D eigenvalue weighted by Crippen LogP contribution is -2.38. The molecule has 0 aliphatic heterocycles. The maximum atomic E-state index is 12.7. The summed E-state index contributed by atoms with van der Waals surface area (Å²) >= 11 is 1.67. The van der Waals surface area contributed by atoms with Crippen LogP contribution in [-0.4, -0.2) is 37.8 Å². The third kappa shape index (κ3) is 8.58. The smallest absolute Gasteiger partial charge is 0.387 e. The highest BCUT2D eigenvalue weighted by molar-refractivity contribution is 14.0. The van der Waals surface area contributed by atoms with Crippen LogP contribution in [0.4, 0.5) is 8.78 Å². The first-order valence-electron chi connectivity index (χ1n) is 9.51. The van der Waals surface area contributed by atoms with Crippen molar-refractivity contribution in [3.63, 3.8) is 0 Å². The van der Waals surface area contributed by atoms with E-state index in [1.807, 2.05) is 6.92 Å². The van der Waals surface area contributed by atoms with Gasteiger partial charge in [0.2, 0.25) is 0 Å². The Morgan fingerprint density at radius 1 is 1.27 bits per heavy atom. The Morgan fingerprint density at radius 3 is 2.63 bits per heavy atom. The SMILES string of the molecule is CCNC(=NCc1cc(OC)ccc1OC(F)F)NCCc1csc(C(C)C)n1.I. The normalized spacial score (nSPS) is 11.4. The Morgan fingerprint density at radius 2 is 2.03 bits per heavy atom. The van der Waals surface area contributed by atoms with Crippen molar-refractivity contribution in [1.29, 1.82) is 0 Å². The maximum Gasteiger partial charge on any atom is 0.387 e. The predicted octanol–water partition coefficient (Wildman–Crippen LogP) is 4.79. The number of alkyl halides is 2. The maximum absolute atomic E-state index is 12.7. The molecular formula is C20H29F2IN4O2S. The van der Waals surface area contributed by atoms with Crippen LogP contribution >= 0.6 is 35.3 Å². The molecule has 0 saturated carbocycles. The molecule has 2 aromatic rings. The summed E-state index contributed by atoms with van der Waals surface area (Å²) in [5.74, 6) is 1.66. The van der Waals surface area contributed by atoms with E-state index in [2.05, 4.69) is 44.6 Å². The topological polar surface area (TPSA) is 67.8 Å². The lowest BCUT2D eigenvalue weighted by atomic mass is 10.2. The molecular weight excluding hydrogens is 525 g/mol. The van der Waals surface area contributed by atoms with Crippen LogP contribution in [-0.2, 0) is 13.0 Å². The van der Waals surface area contributed by atoms with Crippen LogP contribution in [0.1, 0.15) is 43.0 Å². The molecule has 6 nitrogen and oxygen atoms in total. The summed E-state index contributed by atoms with van der Waals surface area (Å²) in [4.78, 5) is 9.11. The highest BCUT2D eigenvalue weighted by Gasteiger charge is 2.11. The molecule has 1 heterocycles. The minimum atomic E-state index is -2.90. The minimum absolute atomic E-state index is 0. The Labute approximate surface area is 197 Å². The average Bonchev–Trinajstić information content (AvgIpc) is 3.16. The van der Waals surface area contributed by atoms with Crippen molar-refractivity contribution in [2.24, 2.45) is 4.99 Å². The monoisotopic (exact) mass is 554 g/mol. The zero-order chi connectivity index (χ0) is 21.2. The number of nitrogens with zero attached hydrogens (tertiary/aromatic N) is 2. The number of aromatic nitrogens is 1. The number of guanidine groups is 1. The Balaban J connectivity index is 0.00000450. The van der Waals surface area contributed by atoms with E-state index in [0.717, 1.165) is 17.1 Å². The van der Waals surface area contributed by atoms with Crippen LogP contribution in [0, 0.1) is 0 Å². The number of thiazole rings is 1. The van der Waals surface area contributed by atoms with Gasteiger partial charge in [-0.2, -0.15) is 8.78 Å². The molecule has 0 saturated heterocycles. The van der Waals surface area contributed by atoms with Crippen molar-refractivity contribution in [1.82, 2.24) is 15.6 Å². The second-order valence-corrected chi connectivity index (χ2v) is 7.45. The minimum Gasteiger partial charge on any atom is -0.497 e. The Kier molecular flexibility index (Phi) is 11.9. The van der Waals surface area contributed by atoms with E-state index >= 15 is 0 Å². The summed E-state index contributed by atoms with van der Waals surface area (Å²) < 4.78 is 35.1. The fraction of sp³-hybridized carbons (Fsp3) is 0.500. The van der Waals surface area contributed by atoms with Crippen LogP contribution in [0.5, 0.6) is 11.5 Å². The molecule has 2 N–H and O–H groups in total. The number of halogens is 3. The van der Waals surface area contributed by atoms with E-state index in [9.17, 15) is 8.78 Å². The van der Waals surface area contributed by atoms with Gasteiger partial charge in [0, 0.05) is 36.4 Å². The highest BCUT2D eigenvalue weighted by atomic mass is 127. The van der Waals surface area contributed by atoms with E-state index in [1.165, 1.54) is 13.2 Å². The number of hydrogen-bond acceptors (Lipinski definition) is 5. The summed E-state index contributed by atoms with van der Waals surface area (Å²) in [7, 11) is 1.52. The second-order valence-electron chi connectivity index (χ2n) is 6.56. The molecule has 1 aromatic carbocycles. The van der Waals surface area contributed by atoms with E-state index < -0.39 is 6.61 Å². The number of hydrogen-bond donors (Lipinski definition) is 2. The van der Waals surface area contributed by atoms with Gasteiger partial charge in [0.1, 0.15) is 11.5 Å². The van der Waals surface area contributed by atoms with E-state index in [-0.39, 0.29) is 36.3 Å². The van der Waals surface area contributed by atoms with Crippen LogP contribution in [0.25, 0.3) is 0 Å². The van der Waals surface area contributed by atoms with Crippen molar-refractivity contribution in [3.8, 4) is 11.5 Å². The zero-order valence-electron chi connectivity index (χ0n) is 17.6. The molecule has 2 rings (SSSR count). The van der Waals surface area contributed by atoms with E-state index in [4.69, 9.17) is 4.74 Å². The molecule has 0 bridgehead atoms. The zero-order valence-corrected chi connectivity index (χ0v) is 20.7. The number of methoxy groups -OCH3 is 1. The van der Waals surface area contributed by atoms with E-state index in [0.29, 0.717) is 36.3 Å². The van der Waals surface area contributed by atoms with Crippen molar-refractivity contribution < 1.29 is 18.3 Å². The molecule has 0 unspecified atom stereocenters. The number of benzene rings is 1. The first kappa shape index (κ1) is 26.3. The Hall–Kier alpha value is -1.69. The van der Waals surface area contributed by atoms with Gasteiger partial charge in [-0.3, -0.25) is 0 Å². The molecule has 0 radical (unpaired) electrons. The summed E-state index contributed by atoms with van der Waals surface area (Å²) in [6, 6.07) is 4.69. The van der Waals surface area contributed by atoms with Gasteiger partial charge >= 0.3 is 6.61 Å². The quantitative estimate of drug-likeness (QED) is 0.251.